The van der Waals surface area contributed by atoms with Crippen LogP contribution in [-0.4, -0.2) is 37.7 Å². The van der Waals surface area contributed by atoms with Crippen LogP contribution in [0.1, 0.15) is 29.3 Å². The fraction of sp³-hybridized carbons (Fsp3) is 0.529. The lowest BCUT2D eigenvalue weighted by molar-refractivity contribution is 0.105. The van der Waals surface area contributed by atoms with Crippen molar-refractivity contribution in [2.24, 2.45) is 4.99 Å². The Labute approximate surface area is 170 Å². The van der Waals surface area contributed by atoms with Crippen molar-refractivity contribution in [3.8, 4) is 0 Å². The van der Waals surface area contributed by atoms with Gasteiger partial charge in [0.25, 0.3) is 0 Å². The van der Waals surface area contributed by atoms with Gasteiger partial charge in [0, 0.05) is 44.2 Å². The zero-order valence-electron chi connectivity index (χ0n) is 14.8. The minimum atomic E-state index is 0. The second-order valence-corrected chi connectivity index (χ2v) is 6.34. The Morgan fingerprint density at radius 3 is 2.76 bits per heavy atom. The molecule has 0 aliphatic rings. The topological polar surface area (TPSA) is 71.7 Å². The highest BCUT2D eigenvalue weighted by Crippen LogP contribution is 2.10. The van der Waals surface area contributed by atoms with Gasteiger partial charge >= 0.3 is 0 Å². The van der Waals surface area contributed by atoms with Crippen LogP contribution in [0.4, 0.5) is 0 Å². The van der Waals surface area contributed by atoms with E-state index in [0.29, 0.717) is 13.2 Å². The first-order valence-corrected chi connectivity index (χ1v) is 9.11. The highest BCUT2D eigenvalue weighted by molar-refractivity contribution is 14.0. The largest absolute Gasteiger partial charge is 0.467 e. The van der Waals surface area contributed by atoms with Crippen LogP contribution in [-0.2, 0) is 17.8 Å². The Kier molecular flexibility index (Phi) is 11.5. The van der Waals surface area contributed by atoms with E-state index >= 15 is 0 Å². The van der Waals surface area contributed by atoms with E-state index in [0.717, 1.165) is 49.8 Å². The van der Waals surface area contributed by atoms with Crippen molar-refractivity contribution >= 4 is 41.3 Å². The molecule has 0 bridgehead atoms. The van der Waals surface area contributed by atoms with Crippen LogP contribution in [0, 0.1) is 6.92 Å². The molecule has 0 aliphatic carbocycles. The van der Waals surface area contributed by atoms with Gasteiger partial charge < -0.3 is 19.8 Å². The molecule has 25 heavy (non-hydrogen) atoms. The number of furan rings is 1. The Morgan fingerprint density at radius 2 is 2.12 bits per heavy atom. The van der Waals surface area contributed by atoms with E-state index in [1.807, 2.05) is 19.1 Å². The maximum Gasteiger partial charge on any atom is 0.190 e. The number of nitrogens with zero attached hydrogens (tertiary/aromatic N) is 2. The molecule has 2 rings (SSSR count). The van der Waals surface area contributed by atoms with E-state index in [9.17, 15) is 0 Å². The average Bonchev–Trinajstić information content (AvgIpc) is 3.24. The van der Waals surface area contributed by atoms with Crippen LogP contribution in [0.2, 0.25) is 0 Å². The molecule has 0 saturated heterocycles. The number of thiazole rings is 1. The number of aliphatic imine (C=N–C) groups is 1. The van der Waals surface area contributed by atoms with Crippen molar-refractivity contribution in [2.75, 3.05) is 26.7 Å². The molecule has 0 spiro atoms. The standard InChI is InChI=1S/C17H26N4O2S.HI/c1-14-13-24-16(21-14)7-3-8-19-17(18-2)20-9-5-10-22-12-15-6-4-11-23-15;/h4,6,11,13H,3,5,7-10,12H2,1-2H3,(H2,18,19,20);1H. The molecule has 0 amide bonds. The van der Waals surface area contributed by atoms with Gasteiger partial charge in [0.05, 0.1) is 11.3 Å². The maximum atomic E-state index is 5.54. The van der Waals surface area contributed by atoms with E-state index in [1.54, 1.807) is 24.6 Å². The normalized spacial score (nSPS) is 11.2. The van der Waals surface area contributed by atoms with E-state index in [4.69, 9.17) is 9.15 Å². The van der Waals surface area contributed by atoms with Crippen molar-refractivity contribution in [3.05, 3.63) is 40.2 Å². The Morgan fingerprint density at radius 1 is 1.32 bits per heavy atom. The molecule has 6 nitrogen and oxygen atoms in total. The lowest BCUT2D eigenvalue weighted by Gasteiger charge is -2.11. The number of rotatable bonds is 10. The third-order valence-electron chi connectivity index (χ3n) is 3.33. The molecule has 2 aromatic heterocycles. The van der Waals surface area contributed by atoms with Crippen LogP contribution >= 0.6 is 35.3 Å². The third-order valence-corrected chi connectivity index (χ3v) is 4.36. The maximum absolute atomic E-state index is 5.54. The van der Waals surface area contributed by atoms with Gasteiger partial charge in [-0.2, -0.15) is 0 Å². The van der Waals surface area contributed by atoms with Gasteiger partial charge in [-0.1, -0.05) is 0 Å². The van der Waals surface area contributed by atoms with Gasteiger partial charge in [-0.05, 0) is 31.9 Å². The van der Waals surface area contributed by atoms with E-state index in [1.165, 1.54) is 5.01 Å². The molecule has 0 aliphatic heterocycles. The molecular weight excluding hydrogens is 451 g/mol. The summed E-state index contributed by atoms with van der Waals surface area (Å²) >= 11 is 1.73. The predicted octanol–water partition coefficient (Wildman–Crippen LogP) is 3.37. The zero-order valence-corrected chi connectivity index (χ0v) is 17.9. The molecular formula is C17H27IN4O2S. The first-order valence-electron chi connectivity index (χ1n) is 8.23. The molecule has 0 radical (unpaired) electrons. The summed E-state index contributed by atoms with van der Waals surface area (Å²) in [6, 6.07) is 3.78. The molecule has 8 heteroatoms. The van der Waals surface area contributed by atoms with Gasteiger partial charge in [-0.15, -0.1) is 35.3 Å². The number of aromatic nitrogens is 1. The summed E-state index contributed by atoms with van der Waals surface area (Å²) in [6.07, 6.45) is 4.62. The Balaban J connectivity index is 0.00000312. The highest BCUT2D eigenvalue weighted by atomic mass is 127. The number of guanidine groups is 1. The van der Waals surface area contributed by atoms with Gasteiger partial charge in [-0.25, -0.2) is 4.98 Å². The predicted molar refractivity (Wildman–Crippen MR) is 113 cm³/mol. The highest BCUT2D eigenvalue weighted by Gasteiger charge is 2.00. The van der Waals surface area contributed by atoms with Gasteiger partial charge in [0.2, 0.25) is 0 Å². The van der Waals surface area contributed by atoms with E-state index in [2.05, 4.69) is 26.0 Å². The molecule has 0 saturated carbocycles. The number of hydrogen-bond acceptors (Lipinski definition) is 5. The SMILES string of the molecule is CN=C(NCCCOCc1ccco1)NCCCc1nc(C)cs1.I. The first kappa shape index (κ1) is 21.9. The van der Waals surface area contributed by atoms with Crippen molar-refractivity contribution < 1.29 is 9.15 Å². The van der Waals surface area contributed by atoms with Gasteiger partial charge in [-0.3, -0.25) is 4.99 Å². The van der Waals surface area contributed by atoms with Crippen molar-refractivity contribution in [3.63, 3.8) is 0 Å². The fourth-order valence-electron chi connectivity index (χ4n) is 2.13. The second kappa shape index (κ2) is 13.1. The lowest BCUT2D eigenvalue weighted by atomic mass is 10.3. The van der Waals surface area contributed by atoms with Crippen LogP contribution in [0.3, 0.4) is 0 Å². The summed E-state index contributed by atoms with van der Waals surface area (Å²) in [4.78, 5) is 8.69. The molecule has 0 unspecified atom stereocenters. The Bertz CT molecular complexity index is 602. The summed E-state index contributed by atoms with van der Waals surface area (Å²) in [5, 5.41) is 9.90. The molecule has 0 atom stereocenters. The fourth-order valence-corrected chi connectivity index (χ4v) is 2.95. The van der Waals surface area contributed by atoms with E-state index < -0.39 is 0 Å². The minimum absolute atomic E-state index is 0. The molecule has 0 fully saturated rings. The summed E-state index contributed by atoms with van der Waals surface area (Å²) in [5.74, 6) is 1.69. The van der Waals surface area contributed by atoms with Crippen LogP contribution < -0.4 is 10.6 Å². The van der Waals surface area contributed by atoms with Gasteiger partial charge in [0.1, 0.15) is 12.4 Å². The first-order chi connectivity index (χ1) is 11.8. The third kappa shape index (κ3) is 9.22. The quantitative estimate of drug-likeness (QED) is 0.237. The molecule has 2 N–H and O–H groups in total. The minimum Gasteiger partial charge on any atom is -0.467 e. The smallest absolute Gasteiger partial charge is 0.190 e. The van der Waals surface area contributed by atoms with Crippen molar-refractivity contribution in [2.45, 2.75) is 32.8 Å². The molecule has 0 aromatic carbocycles. The number of nitrogens with one attached hydrogen (secondary N) is 2. The number of aryl methyl sites for hydroxylation is 2. The average molecular weight is 478 g/mol. The van der Waals surface area contributed by atoms with Crippen LogP contribution in [0.5, 0.6) is 0 Å². The van der Waals surface area contributed by atoms with Gasteiger partial charge in [0.15, 0.2) is 5.96 Å². The molecule has 2 heterocycles. The zero-order chi connectivity index (χ0) is 17.0. The summed E-state index contributed by atoms with van der Waals surface area (Å²) in [7, 11) is 1.78. The molecule has 2 aromatic rings. The summed E-state index contributed by atoms with van der Waals surface area (Å²) in [6.45, 7) is 4.95. The number of hydrogen-bond donors (Lipinski definition) is 2. The summed E-state index contributed by atoms with van der Waals surface area (Å²) < 4.78 is 10.8. The Hall–Kier alpha value is -1.13. The monoisotopic (exact) mass is 478 g/mol. The number of ether oxygens (including phenoxy) is 1. The summed E-state index contributed by atoms with van der Waals surface area (Å²) in [5.41, 5.74) is 1.11. The second-order valence-electron chi connectivity index (χ2n) is 5.40. The van der Waals surface area contributed by atoms with Crippen molar-refractivity contribution in [1.29, 1.82) is 0 Å². The van der Waals surface area contributed by atoms with E-state index in [-0.39, 0.29) is 24.0 Å². The number of halogens is 1. The lowest BCUT2D eigenvalue weighted by Crippen LogP contribution is -2.38. The van der Waals surface area contributed by atoms with Crippen LogP contribution in [0.25, 0.3) is 0 Å². The molecule has 140 valence electrons. The van der Waals surface area contributed by atoms with Crippen molar-refractivity contribution in [1.82, 2.24) is 15.6 Å². The van der Waals surface area contributed by atoms with Crippen LogP contribution in [0.15, 0.2) is 33.2 Å².